The number of carbonyl (C=O) groups is 5. The van der Waals surface area contributed by atoms with Crippen molar-refractivity contribution in [3.63, 3.8) is 0 Å². The average molecular weight is 696 g/mol. The first kappa shape index (κ1) is 33.9. The molecule has 0 radical (unpaired) electrons. The van der Waals surface area contributed by atoms with Crippen molar-refractivity contribution in [2.75, 3.05) is 0 Å². The third kappa shape index (κ3) is 3.95. The van der Waals surface area contributed by atoms with Crippen LogP contribution in [-0.4, -0.2) is 52.9 Å². The molecule has 2 N–H and O–H groups in total. The second-order valence-corrected chi connectivity index (χ2v) is 16.3. The molecule has 4 bridgehead atoms. The topological polar surface area (TPSA) is 197 Å². The van der Waals surface area contributed by atoms with Crippen LogP contribution in [0.2, 0.25) is 0 Å². The molecule has 268 valence electrons. The molecule has 2 saturated carbocycles. The number of fused-ring (bicyclic) bond motifs is 7. The summed E-state index contributed by atoms with van der Waals surface area (Å²) < 4.78 is 41.3. The Morgan fingerprint density at radius 3 is 1.80 bits per heavy atom. The summed E-state index contributed by atoms with van der Waals surface area (Å²) in [4.78, 5) is 79.5. The lowest BCUT2D eigenvalue weighted by molar-refractivity contribution is -0.217. The van der Waals surface area contributed by atoms with Gasteiger partial charge in [-0.15, -0.1) is 0 Å². The van der Waals surface area contributed by atoms with Gasteiger partial charge >= 0.3 is 35.6 Å². The minimum absolute atomic E-state index is 0.0118. The van der Waals surface area contributed by atoms with E-state index < -0.39 is 92.9 Å². The molecule has 14 heteroatoms. The zero-order valence-electron chi connectivity index (χ0n) is 29.3. The highest BCUT2D eigenvalue weighted by Crippen LogP contribution is 2.67. The van der Waals surface area contributed by atoms with Crippen LogP contribution in [0.3, 0.4) is 0 Å². The highest BCUT2D eigenvalue weighted by Gasteiger charge is 2.78. The Hall–Kier alpha value is -4.62. The van der Waals surface area contributed by atoms with Crippen molar-refractivity contribution >= 4 is 40.9 Å². The molecule has 0 spiro atoms. The van der Waals surface area contributed by atoms with Crippen LogP contribution in [0.15, 0.2) is 27.4 Å². The number of nitrogens with two attached hydrogens (primary N) is 1. The van der Waals surface area contributed by atoms with Gasteiger partial charge < -0.3 is 38.6 Å². The largest absolute Gasteiger partial charge is 0.483 e. The van der Waals surface area contributed by atoms with Crippen molar-refractivity contribution in [1.29, 1.82) is 0 Å². The number of ether oxygens (including phenoxy) is 6. The fraction of sp³-hybridized carbons (Fsp3) is 0.611. The maximum Gasteiger partial charge on any atom is 0.404 e. The molecule has 1 aromatic heterocycles. The van der Waals surface area contributed by atoms with E-state index in [1.165, 1.54) is 6.07 Å². The number of hydrogen-bond acceptors (Lipinski definition) is 13. The molecule has 2 saturated heterocycles. The molecule has 3 aliphatic heterocycles. The molecule has 4 unspecified atom stereocenters. The Labute approximate surface area is 287 Å². The first-order chi connectivity index (χ1) is 23.1. The Kier molecular flexibility index (Phi) is 6.77. The van der Waals surface area contributed by atoms with E-state index in [-0.39, 0.29) is 35.3 Å². The molecule has 5 aliphatic rings. The van der Waals surface area contributed by atoms with Crippen LogP contribution in [0, 0.1) is 21.7 Å². The normalized spacial score (nSPS) is 35.1. The van der Waals surface area contributed by atoms with Crippen LogP contribution in [0.5, 0.6) is 5.75 Å². The van der Waals surface area contributed by atoms with Crippen LogP contribution >= 0.6 is 0 Å². The first-order valence-corrected chi connectivity index (χ1v) is 16.7. The molecule has 2 aromatic rings. The Bertz CT molecular complexity index is 1980. The lowest BCUT2D eigenvalue weighted by Crippen LogP contribution is -2.57. The average Bonchev–Trinajstić information content (AvgIpc) is 3.49. The van der Waals surface area contributed by atoms with E-state index >= 15 is 0 Å². The minimum atomic E-state index is -1.66. The Balaban J connectivity index is 1.36. The predicted molar refractivity (Wildman–Crippen MR) is 170 cm³/mol. The second-order valence-electron chi connectivity index (χ2n) is 16.3. The van der Waals surface area contributed by atoms with E-state index in [9.17, 15) is 28.8 Å². The molecule has 14 nitrogen and oxygen atoms in total. The minimum Gasteiger partial charge on any atom is -0.483 e. The van der Waals surface area contributed by atoms with E-state index in [0.717, 1.165) is 0 Å². The lowest BCUT2D eigenvalue weighted by Gasteiger charge is -2.45. The van der Waals surface area contributed by atoms with Gasteiger partial charge in [0.05, 0.1) is 22.0 Å². The summed E-state index contributed by atoms with van der Waals surface area (Å²) in [6.07, 6.45) is -2.73. The van der Waals surface area contributed by atoms with Crippen molar-refractivity contribution in [2.24, 2.45) is 27.4 Å². The highest BCUT2D eigenvalue weighted by atomic mass is 16.7. The third-order valence-corrected chi connectivity index (χ3v) is 13.3. The van der Waals surface area contributed by atoms with Gasteiger partial charge in [-0.1, -0.05) is 27.7 Å². The first-order valence-electron chi connectivity index (χ1n) is 16.7. The molecule has 4 heterocycles. The van der Waals surface area contributed by atoms with E-state index in [0.29, 0.717) is 18.2 Å². The van der Waals surface area contributed by atoms with Gasteiger partial charge in [-0.25, -0.2) is 19.2 Å². The third-order valence-electron chi connectivity index (χ3n) is 13.3. The summed E-state index contributed by atoms with van der Waals surface area (Å²) in [6, 6.07) is 4.63. The quantitative estimate of drug-likeness (QED) is 0.255. The van der Waals surface area contributed by atoms with E-state index in [1.54, 1.807) is 67.5 Å². The smallest absolute Gasteiger partial charge is 0.404 e. The van der Waals surface area contributed by atoms with E-state index in [2.05, 4.69) is 0 Å². The highest BCUT2D eigenvalue weighted by molar-refractivity contribution is 5.95. The zero-order valence-corrected chi connectivity index (χ0v) is 29.3. The summed E-state index contributed by atoms with van der Waals surface area (Å²) in [5.41, 5.74) is -4.18. The maximum atomic E-state index is 14.5. The van der Waals surface area contributed by atoms with Gasteiger partial charge in [0.25, 0.3) is 0 Å². The molecule has 7 rings (SSSR count). The van der Waals surface area contributed by atoms with Gasteiger partial charge in [0, 0.05) is 16.2 Å². The summed E-state index contributed by atoms with van der Waals surface area (Å²) >= 11 is 0. The fourth-order valence-electron chi connectivity index (χ4n) is 8.85. The summed E-state index contributed by atoms with van der Waals surface area (Å²) in [7, 11) is 0. The van der Waals surface area contributed by atoms with Crippen LogP contribution in [-0.2, 0) is 49.5 Å². The number of carbonyl (C=O) groups excluding carboxylic acids is 5. The van der Waals surface area contributed by atoms with Crippen molar-refractivity contribution in [3.05, 3.63) is 39.7 Å². The second kappa shape index (κ2) is 10.0. The number of rotatable bonds is 6. The summed E-state index contributed by atoms with van der Waals surface area (Å²) in [5, 5.41) is 0.344. The van der Waals surface area contributed by atoms with Crippen molar-refractivity contribution in [1.82, 2.24) is 0 Å². The van der Waals surface area contributed by atoms with Crippen molar-refractivity contribution in [2.45, 2.75) is 117 Å². The molecule has 2 aliphatic carbocycles. The summed E-state index contributed by atoms with van der Waals surface area (Å²) in [6.45, 7) is 13.5. The molecule has 6 atom stereocenters. The van der Waals surface area contributed by atoms with Crippen molar-refractivity contribution in [3.8, 4) is 5.75 Å². The standard InChI is InChI=1S/C36H41NO13/c1-30(2)23(47-28(42)36-14-12-34(8,26(40)50-36)32(36,5)6)22(46-27(41)35-13-11-33(7,25(39)49-35)31(35,3)4)20-19(48-30)10-9-17-15-18(16-44-29(37)43)24(38)45-21(17)20/h9-10,15,22-23H,11-14,16H2,1-8H3,(H2,37,43)/t22-,23-,33?,34?,35?,36?/m1/s1. The lowest BCUT2D eigenvalue weighted by atomic mass is 9.66. The monoisotopic (exact) mass is 695 g/mol. The maximum absolute atomic E-state index is 14.5. The predicted octanol–water partition coefficient (Wildman–Crippen LogP) is 4.30. The van der Waals surface area contributed by atoms with Crippen LogP contribution in [0.25, 0.3) is 11.0 Å². The van der Waals surface area contributed by atoms with Gasteiger partial charge in [-0.3, -0.25) is 9.59 Å². The number of hydrogen-bond donors (Lipinski definition) is 1. The number of benzene rings is 1. The number of esters is 4. The Morgan fingerprint density at radius 1 is 0.780 bits per heavy atom. The number of amides is 1. The van der Waals surface area contributed by atoms with Crippen LogP contribution in [0.4, 0.5) is 4.79 Å². The van der Waals surface area contributed by atoms with E-state index in [1.807, 2.05) is 0 Å². The SMILES string of the molecule is CC1(C)Oc2ccc3cc(COC(N)=O)c(=O)oc3c2[C@@H](OC(=O)C23CCC(C)(C(=O)O2)C3(C)C)[C@H]1OC(=O)C12CCC(C)(C(=O)O1)C2(C)C. The van der Waals surface area contributed by atoms with Crippen LogP contribution in [0.1, 0.15) is 98.3 Å². The van der Waals surface area contributed by atoms with Crippen molar-refractivity contribution < 1.29 is 56.8 Å². The molecule has 1 aromatic carbocycles. The fourth-order valence-corrected chi connectivity index (χ4v) is 8.85. The van der Waals surface area contributed by atoms with Gasteiger partial charge in [0.2, 0.25) is 11.2 Å². The van der Waals surface area contributed by atoms with E-state index in [4.69, 9.17) is 38.6 Å². The summed E-state index contributed by atoms with van der Waals surface area (Å²) in [5.74, 6) is -2.55. The molecular formula is C36H41NO13. The van der Waals surface area contributed by atoms with Gasteiger partial charge in [0.1, 0.15) is 23.5 Å². The molecule has 50 heavy (non-hydrogen) atoms. The van der Waals surface area contributed by atoms with Gasteiger partial charge in [-0.05, 0) is 71.6 Å². The van der Waals surface area contributed by atoms with Gasteiger partial charge in [0.15, 0.2) is 12.2 Å². The zero-order chi connectivity index (χ0) is 36.6. The molecule has 1 amide bonds. The van der Waals surface area contributed by atoms with Crippen LogP contribution < -0.4 is 16.1 Å². The molecular weight excluding hydrogens is 654 g/mol. The van der Waals surface area contributed by atoms with Gasteiger partial charge in [-0.2, -0.15) is 0 Å². The number of primary amides is 1. The molecule has 4 fully saturated rings. The Morgan fingerprint density at radius 2 is 1.32 bits per heavy atom.